The van der Waals surface area contributed by atoms with Crippen LogP contribution in [-0.2, 0) is 26.7 Å². The van der Waals surface area contributed by atoms with E-state index in [2.05, 4.69) is 27.0 Å². The minimum Gasteiger partial charge on any atom is -0.454 e. The summed E-state index contributed by atoms with van der Waals surface area (Å²) in [5, 5.41) is 8.57. The minimum atomic E-state index is -3.68. The van der Waals surface area contributed by atoms with Crippen LogP contribution < -0.4 is 24.4 Å². The van der Waals surface area contributed by atoms with E-state index >= 15 is 0 Å². The number of nitrogens with two attached hydrogens (primary N) is 1. The fourth-order valence-corrected chi connectivity index (χ4v) is 5.54. The maximum Gasteiger partial charge on any atom is 0.249 e. The molecule has 3 aromatic rings. The van der Waals surface area contributed by atoms with Gasteiger partial charge in [0.25, 0.3) is 0 Å². The Morgan fingerprint density at radius 2 is 1.95 bits per heavy atom. The van der Waals surface area contributed by atoms with Crippen LogP contribution in [0, 0.1) is 11.8 Å². The van der Waals surface area contributed by atoms with Crippen LogP contribution in [-0.4, -0.2) is 70.5 Å². The molecule has 41 heavy (non-hydrogen) atoms. The van der Waals surface area contributed by atoms with E-state index < -0.39 is 15.6 Å². The molecule has 0 spiro atoms. The third-order valence-corrected chi connectivity index (χ3v) is 9.04. The molecular weight excluding hydrogens is 572 g/mol. The molecular formula is C27H35ClN6O6S. The van der Waals surface area contributed by atoms with E-state index in [0.29, 0.717) is 54.3 Å². The van der Waals surface area contributed by atoms with Crippen molar-refractivity contribution in [3.8, 4) is 23.0 Å². The highest BCUT2D eigenvalue weighted by atomic mass is 35.5. The van der Waals surface area contributed by atoms with Gasteiger partial charge in [-0.3, -0.25) is 4.31 Å². The first-order valence-electron chi connectivity index (χ1n) is 13.3. The molecule has 0 saturated heterocycles. The van der Waals surface area contributed by atoms with E-state index in [1.165, 1.54) is 7.05 Å². The molecule has 2 aliphatic rings. The Morgan fingerprint density at radius 1 is 1.22 bits per heavy atom. The van der Waals surface area contributed by atoms with Gasteiger partial charge in [0.1, 0.15) is 5.82 Å². The topological polar surface area (TPSA) is 146 Å². The molecule has 0 radical (unpaired) electrons. The molecule has 1 fully saturated rings. The first-order chi connectivity index (χ1) is 19.4. The van der Waals surface area contributed by atoms with Crippen molar-refractivity contribution in [2.24, 2.45) is 17.6 Å². The van der Waals surface area contributed by atoms with Gasteiger partial charge in [0, 0.05) is 27.2 Å². The quantitative estimate of drug-likeness (QED) is 0.323. The third kappa shape index (κ3) is 6.37. The van der Waals surface area contributed by atoms with Gasteiger partial charge in [-0.05, 0) is 55.4 Å². The normalized spacial score (nSPS) is 19.2. The van der Waals surface area contributed by atoms with Gasteiger partial charge in [-0.1, -0.05) is 24.6 Å². The summed E-state index contributed by atoms with van der Waals surface area (Å²) >= 11 is 6.78. The maximum absolute atomic E-state index is 12.5. The second-order valence-corrected chi connectivity index (χ2v) is 13.4. The van der Waals surface area contributed by atoms with Crippen molar-refractivity contribution in [2.75, 3.05) is 56.1 Å². The zero-order valence-corrected chi connectivity index (χ0v) is 25.3. The van der Waals surface area contributed by atoms with Crippen molar-refractivity contribution in [2.45, 2.75) is 32.2 Å². The summed E-state index contributed by atoms with van der Waals surface area (Å²) in [6.45, 7) is 5.94. The minimum absolute atomic E-state index is 0.0588. The number of hydrogen-bond acceptors (Lipinski definition) is 11. The predicted molar refractivity (Wildman–Crippen MR) is 155 cm³/mol. The number of fused-ring (bicyclic) bond motifs is 1. The number of methoxy groups -OCH3 is 1. The van der Waals surface area contributed by atoms with E-state index in [1.54, 1.807) is 20.1 Å². The first-order valence-corrected chi connectivity index (χ1v) is 15.5. The largest absolute Gasteiger partial charge is 0.454 e. The van der Waals surface area contributed by atoms with Gasteiger partial charge in [-0.2, -0.15) is 0 Å². The number of aromatic nitrogens is 3. The van der Waals surface area contributed by atoms with Gasteiger partial charge < -0.3 is 29.3 Å². The highest BCUT2D eigenvalue weighted by molar-refractivity contribution is 7.92. The van der Waals surface area contributed by atoms with Crippen LogP contribution in [0.15, 0.2) is 28.7 Å². The molecule has 3 unspecified atom stereocenters. The lowest BCUT2D eigenvalue weighted by Crippen LogP contribution is -2.35. The molecule has 0 bridgehead atoms. The van der Waals surface area contributed by atoms with Crippen molar-refractivity contribution in [1.29, 1.82) is 0 Å². The summed E-state index contributed by atoms with van der Waals surface area (Å²) < 4.78 is 48.4. The lowest BCUT2D eigenvalue weighted by atomic mass is 9.93. The first kappa shape index (κ1) is 29.4. The van der Waals surface area contributed by atoms with E-state index in [9.17, 15) is 8.42 Å². The predicted octanol–water partition coefficient (Wildman–Crippen LogP) is 3.43. The van der Waals surface area contributed by atoms with E-state index in [-0.39, 0.29) is 29.4 Å². The average molecular weight is 607 g/mol. The molecule has 1 aromatic carbocycles. The number of anilines is 2. The Hall–Kier alpha value is -3.13. The zero-order valence-electron chi connectivity index (χ0n) is 23.8. The Bertz CT molecular complexity index is 1530. The number of halogens is 1. The Kier molecular flexibility index (Phi) is 8.07. The summed E-state index contributed by atoms with van der Waals surface area (Å²) in [6.07, 6.45) is 2.59. The standard InChI is InChI=1S/C27H35ClN6O6S/c1-16-10-18(16)14-34(8-9-37-4)22-12-19(23(28)24(30-22)33(3)41(5,35)36)25-31-32-26(40-25)27(2,29)13-17-6-7-20-21(11-17)39-15-38-20/h6-7,11-12,16,18H,8-10,13-15,29H2,1-5H3. The second kappa shape index (κ2) is 11.3. The van der Waals surface area contributed by atoms with Gasteiger partial charge in [-0.15, -0.1) is 10.2 Å². The summed E-state index contributed by atoms with van der Waals surface area (Å²) in [4.78, 5) is 6.74. The van der Waals surface area contributed by atoms with Crippen molar-refractivity contribution in [3.05, 3.63) is 40.7 Å². The molecule has 2 aromatic heterocycles. The maximum atomic E-state index is 12.5. The summed E-state index contributed by atoms with van der Waals surface area (Å²) in [5.74, 6) is 3.34. The highest BCUT2D eigenvalue weighted by Gasteiger charge is 2.35. The molecule has 5 rings (SSSR count). The fraction of sp³-hybridized carbons (Fsp3) is 0.519. The highest BCUT2D eigenvalue weighted by Crippen LogP contribution is 2.42. The van der Waals surface area contributed by atoms with Crippen molar-refractivity contribution >= 4 is 33.3 Å². The number of ether oxygens (including phenoxy) is 3. The number of pyridine rings is 1. The van der Waals surface area contributed by atoms with Gasteiger partial charge in [0.2, 0.25) is 28.6 Å². The Morgan fingerprint density at radius 3 is 2.63 bits per heavy atom. The number of hydrogen-bond donors (Lipinski definition) is 1. The van der Waals surface area contributed by atoms with Crippen molar-refractivity contribution in [1.82, 2.24) is 15.2 Å². The van der Waals surface area contributed by atoms with Crippen LogP contribution >= 0.6 is 11.6 Å². The second-order valence-electron chi connectivity index (χ2n) is 11.0. The van der Waals surface area contributed by atoms with E-state index in [0.717, 1.165) is 29.1 Å². The van der Waals surface area contributed by atoms with Crippen LogP contribution in [0.4, 0.5) is 11.6 Å². The van der Waals surface area contributed by atoms with Gasteiger partial charge in [-0.25, -0.2) is 13.4 Å². The molecule has 0 amide bonds. The Balaban J connectivity index is 1.51. The van der Waals surface area contributed by atoms with Gasteiger partial charge in [0.15, 0.2) is 17.3 Å². The monoisotopic (exact) mass is 606 g/mol. The average Bonchev–Trinajstić information content (AvgIpc) is 3.28. The van der Waals surface area contributed by atoms with Crippen molar-refractivity contribution < 1.29 is 27.0 Å². The van der Waals surface area contributed by atoms with Crippen molar-refractivity contribution in [3.63, 3.8) is 0 Å². The fourth-order valence-electron chi connectivity index (χ4n) is 4.74. The molecule has 14 heteroatoms. The number of rotatable bonds is 12. The SMILES string of the molecule is COCCN(CC1CC1C)c1cc(-c2nnc(C(C)(N)Cc3ccc4c(c3)OCO4)o2)c(Cl)c(N(C)S(C)(=O)=O)n1. The van der Waals surface area contributed by atoms with E-state index in [1.807, 2.05) is 18.2 Å². The van der Waals surface area contributed by atoms with Crippen LogP contribution in [0.3, 0.4) is 0 Å². The zero-order chi connectivity index (χ0) is 29.5. The lowest BCUT2D eigenvalue weighted by molar-refractivity contribution is 0.174. The summed E-state index contributed by atoms with van der Waals surface area (Å²) in [7, 11) is -0.638. The lowest BCUT2D eigenvalue weighted by Gasteiger charge is -2.26. The molecule has 3 heterocycles. The molecule has 222 valence electrons. The number of sulfonamides is 1. The summed E-state index contributed by atoms with van der Waals surface area (Å²) in [6, 6.07) is 7.36. The number of nitrogens with zero attached hydrogens (tertiary/aromatic N) is 5. The Labute approximate surface area is 244 Å². The molecule has 2 N–H and O–H groups in total. The van der Waals surface area contributed by atoms with Gasteiger partial charge in [0.05, 0.1) is 29.0 Å². The van der Waals surface area contributed by atoms with Gasteiger partial charge >= 0.3 is 0 Å². The van der Waals surface area contributed by atoms with Crippen LogP contribution in [0.2, 0.25) is 5.02 Å². The van der Waals surface area contributed by atoms with Crippen LogP contribution in [0.5, 0.6) is 11.5 Å². The van der Waals surface area contributed by atoms with Crippen LogP contribution in [0.1, 0.15) is 31.7 Å². The molecule has 12 nitrogen and oxygen atoms in total. The number of benzene rings is 1. The smallest absolute Gasteiger partial charge is 0.249 e. The molecule has 3 atom stereocenters. The molecule has 1 saturated carbocycles. The van der Waals surface area contributed by atoms with E-state index in [4.69, 9.17) is 36.0 Å². The summed E-state index contributed by atoms with van der Waals surface area (Å²) in [5.41, 5.74) is 6.90. The molecule has 1 aliphatic heterocycles. The third-order valence-electron chi connectivity index (χ3n) is 7.50. The van der Waals surface area contributed by atoms with Crippen LogP contribution in [0.25, 0.3) is 11.5 Å². The molecule has 1 aliphatic carbocycles.